The molecule has 2 unspecified atom stereocenters. The number of rotatable bonds is 2. The summed E-state index contributed by atoms with van der Waals surface area (Å²) in [5, 5.41) is 9.05. The third-order valence-electron chi connectivity index (χ3n) is 3.70. The molecule has 1 aliphatic rings. The fraction of sp³-hybridized carbons (Fsp3) is 0.615. The summed E-state index contributed by atoms with van der Waals surface area (Å²) in [7, 11) is 0. The summed E-state index contributed by atoms with van der Waals surface area (Å²) in [5.41, 5.74) is 1.87. The average molecular weight is 249 g/mol. The molecule has 1 saturated heterocycles. The number of hydrogen-bond donors (Lipinski definition) is 1. The summed E-state index contributed by atoms with van der Waals surface area (Å²) in [6.45, 7) is 6.66. The molecule has 1 fully saturated rings. The van der Waals surface area contributed by atoms with Crippen LogP contribution in [0.2, 0.25) is 0 Å². The molecule has 98 valence electrons. The number of piperidine rings is 1. The molecule has 0 bridgehead atoms. The van der Waals surface area contributed by atoms with Gasteiger partial charge < -0.3 is 10.0 Å². The highest BCUT2D eigenvalue weighted by molar-refractivity contribution is 5.70. The van der Waals surface area contributed by atoms with Crippen LogP contribution in [0.25, 0.3) is 0 Å². The van der Waals surface area contributed by atoms with Crippen LogP contribution in [0, 0.1) is 19.8 Å². The quantitative estimate of drug-likeness (QED) is 0.865. The predicted octanol–water partition coefficient (Wildman–Crippen LogP) is 1.78. The van der Waals surface area contributed by atoms with Crippen molar-refractivity contribution in [3.63, 3.8) is 0 Å². The van der Waals surface area contributed by atoms with Gasteiger partial charge in [0.15, 0.2) is 0 Å². The Hall–Kier alpha value is -1.65. The maximum absolute atomic E-state index is 11.0. The minimum Gasteiger partial charge on any atom is -0.481 e. The van der Waals surface area contributed by atoms with E-state index in [2.05, 4.69) is 14.9 Å². The maximum Gasteiger partial charge on any atom is 0.306 e. The first-order chi connectivity index (χ1) is 8.49. The molecular weight excluding hydrogens is 230 g/mol. The first kappa shape index (κ1) is 12.8. The van der Waals surface area contributed by atoms with Gasteiger partial charge in [-0.05, 0) is 33.6 Å². The average Bonchev–Trinajstić information content (AvgIpc) is 2.32. The van der Waals surface area contributed by atoms with Crippen LogP contribution in [-0.2, 0) is 4.79 Å². The minimum atomic E-state index is -0.687. The molecule has 0 spiro atoms. The van der Waals surface area contributed by atoms with Crippen LogP contribution >= 0.6 is 0 Å². The molecule has 1 aliphatic heterocycles. The zero-order chi connectivity index (χ0) is 13.3. The number of aliphatic carboxylic acids is 1. The van der Waals surface area contributed by atoms with Crippen molar-refractivity contribution in [2.24, 2.45) is 5.92 Å². The van der Waals surface area contributed by atoms with Crippen molar-refractivity contribution in [3.05, 3.63) is 17.6 Å². The number of aryl methyl sites for hydroxylation is 2. The molecule has 2 atom stereocenters. The lowest BCUT2D eigenvalue weighted by Crippen LogP contribution is -2.43. The van der Waals surface area contributed by atoms with Crippen LogP contribution < -0.4 is 4.90 Å². The van der Waals surface area contributed by atoms with Gasteiger partial charge in [0, 0.05) is 12.6 Å². The first-order valence-electron chi connectivity index (χ1n) is 6.28. The van der Waals surface area contributed by atoms with Crippen molar-refractivity contribution in [2.45, 2.75) is 39.7 Å². The lowest BCUT2D eigenvalue weighted by Gasteiger charge is -2.37. The number of aromatic nitrogens is 2. The van der Waals surface area contributed by atoms with Gasteiger partial charge in [0.05, 0.1) is 23.5 Å². The summed E-state index contributed by atoms with van der Waals surface area (Å²) in [6, 6.07) is 0.191. The van der Waals surface area contributed by atoms with Gasteiger partial charge in [-0.1, -0.05) is 0 Å². The highest BCUT2D eigenvalue weighted by Crippen LogP contribution is 2.26. The van der Waals surface area contributed by atoms with E-state index in [-0.39, 0.29) is 12.0 Å². The highest BCUT2D eigenvalue weighted by Gasteiger charge is 2.30. The molecule has 1 aromatic heterocycles. The van der Waals surface area contributed by atoms with Crippen molar-refractivity contribution in [1.82, 2.24) is 9.97 Å². The Kier molecular flexibility index (Phi) is 3.50. The van der Waals surface area contributed by atoms with Crippen LogP contribution in [0.15, 0.2) is 6.20 Å². The molecule has 0 radical (unpaired) electrons. The second-order valence-electron chi connectivity index (χ2n) is 5.00. The third-order valence-corrected chi connectivity index (χ3v) is 3.70. The van der Waals surface area contributed by atoms with E-state index < -0.39 is 5.97 Å². The van der Waals surface area contributed by atoms with E-state index in [1.807, 2.05) is 20.8 Å². The van der Waals surface area contributed by atoms with Gasteiger partial charge in [0.25, 0.3) is 0 Å². The van der Waals surface area contributed by atoms with Gasteiger partial charge in [0.1, 0.15) is 5.82 Å². The Morgan fingerprint density at radius 3 is 2.72 bits per heavy atom. The number of carboxylic acid groups (broad SMARTS) is 1. The Balaban J connectivity index is 2.15. The molecule has 0 aromatic carbocycles. The van der Waals surface area contributed by atoms with Crippen LogP contribution in [0.4, 0.5) is 5.82 Å². The second-order valence-corrected chi connectivity index (χ2v) is 5.00. The molecule has 0 amide bonds. The van der Waals surface area contributed by atoms with Crippen LogP contribution in [0.1, 0.15) is 31.2 Å². The number of anilines is 1. The van der Waals surface area contributed by atoms with Crippen molar-refractivity contribution in [1.29, 1.82) is 0 Å². The lowest BCUT2D eigenvalue weighted by atomic mass is 9.92. The van der Waals surface area contributed by atoms with Crippen LogP contribution in [0.5, 0.6) is 0 Å². The third kappa shape index (κ3) is 2.44. The van der Waals surface area contributed by atoms with E-state index in [9.17, 15) is 4.79 Å². The lowest BCUT2D eigenvalue weighted by molar-refractivity contribution is -0.142. The van der Waals surface area contributed by atoms with E-state index in [4.69, 9.17) is 5.11 Å². The van der Waals surface area contributed by atoms with E-state index in [0.717, 1.165) is 23.8 Å². The normalized spacial score (nSPS) is 24.1. The molecular formula is C13H19N3O2. The van der Waals surface area contributed by atoms with E-state index in [1.165, 1.54) is 0 Å². The Labute approximate surface area is 107 Å². The minimum absolute atomic E-state index is 0.191. The van der Waals surface area contributed by atoms with Gasteiger partial charge in [-0.3, -0.25) is 9.78 Å². The monoisotopic (exact) mass is 249 g/mol. The Morgan fingerprint density at radius 2 is 2.17 bits per heavy atom. The van der Waals surface area contributed by atoms with Gasteiger partial charge in [-0.2, -0.15) is 0 Å². The van der Waals surface area contributed by atoms with E-state index >= 15 is 0 Å². The van der Waals surface area contributed by atoms with Gasteiger partial charge >= 0.3 is 5.97 Å². The zero-order valence-electron chi connectivity index (χ0n) is 11.1. The van der Waals surface area contributed by atoms with E-state index in [1.54, 1.807) is 6.20 Å². The smallest absolute Gasteiger partial charge is 0.306 e. The van der Waals surface area contributed by atoms with E-state index in [0.29, 0.717) is 12.8 Å². The van der Waals surface area contributed by atoms with Crippen molar-refractivity contribution >= 4 is 11.8 Å². The van der Waals surface area contributed by atoms with Crippen molar-refractivity contribution < 1.29 is 9.90 Å². The number of nitrogens with zero attached hydrogens (tertiary/aromatic N) is 3. The summed E-state index contributed by atoms with van der Waals surface area (Å²) >= 11 is 0. The second kappa shape index (κ2) is 4.92. The molecule has 18 heavy (non-hydrogen) atoms. The molecule has 1 N–H and O–H groups in total. The predicted molar refractivity (Wildman–Crippen MR) is 68.7 cm³/mol. The molecule has 2 rings (SSSR count). The topological polar surface area (TPSA) is 66.3 Å². The van der Waals surface area contributed by atoms with Gasteiger partial charge in [0.2, 0.25) is 0 Å². The number of carbonyl (C=O) groups is 1. The number of carboxylic acids is 1. The highest BCUT2D eigenvalue weighted by atomic mass is 16.4. The summed E-state index contributed by atoms with van der Waals surface area (Å²) in [5.74, 6) is -0.0575. The zero-order valence-corrected chi connectivity index (χ0v) is 11.1. The van der Waals surface area contributed by atoms with Gasteiger partial charge in [-0.25, -0.2) is 4.98 Å². The van der Waals surface area contributed by atoms with Crippen molar-refractivity contribution in [3.8, 4) is 0 Å². The molecule has 2 heterocycles. The SMILES string of the molecule is Cc1ncc(N2CCC(C(=O)O)CC2C)nc1C. The van der Waals surface area contributed by atoms with Crippen molar-refractivity contribution in [2.75, 3.05) is 11.4 Å². The van der Waals surface area contributed by atoms with Crippen LogP contribution in [-0.4, -0.2) is 33.6 Å². The molecule has 0 saturated carbocycles. The number of hydrogen-bond acceptors (Lipinski definition) is 4. The molecule has 1 aromatic rings. The maximum atomic E-state index is 11.0. The summed E-state index contributed by atoms with van der Waals surface area (Å²) < 4.78 is 0. The standard InChI is InChI=1S/C13H19N3O2/c1-8-6-11(13(17)18)4-5-16(8)12-7-14-9(2)10(3)15-12/h7-8,11H,4-6H2,1-3H3,(H,17,18). The largest absolute Gasteiger partial charge is 0.481 e. The van der Waals surface area contributed by atoms with Crippen LogP contribution in [0.3, 0.4) is 0 Å². The molecule has 5 nitrogen and oxygen atoms in total. The van der Waals surface area contributed by atoms with Gasteiger partial charge in [-0.15, -0.1) is 0 Å². The Morgan fingerprint density at radius 1 is 1.44 bits per heavy atom. The molecule has 5 heteroatoms. The summed E-state index contributed by atoms with van der Waals surface area (Å²) in [4.78, 5) is 22.0. The summed E-state index contributed by atoms with van der Waals surface area (Å²) in [6.07, 6.45) is 3.12. The Bertz CT molecular complexity index is 462. The fourth-order valence-corrected chi connectivity index (χ4v) is 2.40. The molecule has 0 aliphatic carbocycles. The first-order valence-corrected chi connectivity index (χ1v) is 6.28. The fourth-order valence-electron chi connectivity index (χ4n) is 2.40.